The molecular weight excluding hydrogens is 232 g/mol. The molecule has 1 amide bonds. The summed E-state index contributed by atoms with van der Waals surface area (Å²) in [7, 11) is 1.67. The smallest absolute Gasteiger partial charge is 0.272 e. The highest BCUT2D eigenvalue weighted by atomic mass is 32.2. The van der Waals surface area contributed by atoms with Crippen LogP contribution in [0.15, 0.2) is 18.6 Å². The van der Waals surface area contributed by atoms with Crippen molar-refractivity contribution in [1.29, 1.82) is 0 Å². The van der Waals surface area contributed by atoms with Crippen molar-refractivity contribution in [3.8, 4) is 0 Å². The van der Waals surface area contributed by atoms with Crippen LogP contribution < -0.4 is 5.43 Å². The van der Waals surface area contributed by atoms with Crippen LogP contribution in [0, 0.1) is 0 Å². The molecule has 0 saturated heterocycles. The second-order valence-corrected chi connectivity index (χ2v) is 4.00. The third-order valence-electron chi connectivity index (χ3n) is 1.51. The molecule has 0 unspecified atom stereocenters. The molecule has 0 aliphatic heterocycles. The average Bonchev–Trinajstić information content (AvgIpc) is 2.29. The number of nitrogens with one attached hydrogen (secondary N) is 1. The Labute approximate surface area is 97.3 Å². The quantitative estimate of drug-likeness (QED) is 0.578. The average molecular weight is 242 g/mol. The van der Waals surface area contributed by atoms with E-state index in [-0.39, 0.29) is 11.6 Å². The van der Waals surface area contributed by atoms with Crippen molar-refractivity contribution >= 4 is 34.2 Å². The Kier molecular flexibility index (Phi) is 4.44. The maximum absolute atomic E-state index is 11.6. The van der Waals surface area contributed by atoms with Gasteiger partial charge in [0.25, 0.3) is 5.91 Å². The summed E-state index contributed by atoms with van der Waals surface area (Å²) in [4.78, 5) is 19.2. The molecule has 0 saturated carbocycles. The van der Waals surface area contributed by atoms with E-state index in [1.807, 2.05) is 6.26 Å². The number of carbonyl (C=O) groups is 1. The van der Waals surface area contributed by atoms with Crippen LogP contribution in [0.4, 0.5) is 0 Å². The second kappa shape index (κ2) is 5.62. The van der Waals surface area contributed by atoms with Crippen LogP contribution in [0.3, 0.4) is 0 Å². The molecular formula is C8H10N4OS2. The van der Waals surface area contributed by atoms with Crippen LogP contribution >= 0.6 is 24.0 Å². The fraction of sp³-hybridized carbons (Fsp3) is 0.250. The molecule has 0 atom stereocenters. The summed E-state index contributed by atoms with van der Waals surface area (Å²) in [6, 6.07) is 0. The van der Waals surface area contributed by atoms with Gasteiger partial charge in [-0.2, -0.15) is 0 Å². The molecule has 0 aliphatic carbocycles. The summed E-state index contributed by atoms with van der Waals surface area (Å²) < 4.78 is 0.576. The highest BCUT2D eigenvalue weighted by Gasteiger charge is 2.10. The van der Waals surface area contributed by atoms with Crippen molar-refractivity contribution in [2.75, 3.05) is 13.3 Å². The van der Waals surface area contributed by atoms with Gasteiger partial charge in [-0.15, -0.1) is 0 Å². The Hall–Kier alpha value is -1.21. The topological polar surface area (TPSA) is 58.1 Å². The number of hydrazine groups is 1. The van der Waals surface area contributed by atoms with E-state index in [4.69, 9.17) is 12.2 Å². The lowest BCUT2D eigenvalue weighted by Gasteiger charge is -2.18. The molecule has 0 fully saturated rings. The first-order chi connectivity index (χ1) is 7.15. The zero-order valence-corrected chi connectivity index (χ0v) is 9.93. The van der Waals surface area contributed by atoms with Gasteiger partial charge in [0.15, 0.2) is 4.32 Å². The maximum Gasteiger partial charge on any atom is 0.290 e. The Bertz CT molecular complexity index is 357. The number of hydrogen-bond acceptors (Lipinski definition) is 5. The van der Waals surface area contributed by atoms with E-state index in [0.717, 1.165) is 0 Å². The highest BCUT2D eigenvalue weighted by molar-refractivity contribution is 8.22. The lowest BCUT2D eigenvalue weighted by atomic mass is 10.4. The number of thiocarbonyl (C=S) groups is 1. The molecule has 0 radical (unpaired) electrons. The number of carbonyl (C=O) groups excluding carboxylic acids is 1. The molecule has 1 rings (SSSR count). The second-order valence-electron chi connectivity index (χ2n) is 2.56. The third-order valence-corrected chi connectivity index (χ3v) is 2.91. The van der Waals surface area contributed by atoms with Gasteiger partial charge in [-0.1, -0.05) is 24.0 Å². The zero-order valence-electron chi connectivity index (χ0n) is 8.30. The predicted octanol–water partition coefficient (Wildman–Crippen LogP) is 0.701. The van der Waals surface area contributed by atoms with E-state index >= 15 is 0 Å². The molecule has 0 bridgehead atoms. The highest BCUT2D eigenvalue weighted by Crippen LogP contribution is 2.00. The zero-order chi connectivity index (χ0) is 11.3. The van der Waals surface area contributed by atoms with E-state index < -0.39 is 0 Å². The van der Waals surface area contributed by atoms with Gasteiger partial charge in [-0.05, 0) is 6.26 Å². The summed E-state index contributed by atoms with van der Waals surface area (Å²) in [5.74, 6) is -0.331. The summed E-state index contributed by atoms with van der Waals surface area (Å²) in [6.45, 7) is 0. The third kappa shape index (κ3) is 3.45. The molecule has 80 valence electrons. The van der Waals surface area contributed by atoms with E-state index in [2.05, 4.69) is 15.4 Å². The van der Waals surface area contributed by atoms with Crippen LogP contribution in [-0.4, -0.2) is 38.5 Å². The standard InChI is InChI=1S/C8H10N4OS2/c1-12(8(14)15-2)11-7(13)6-5-9-3-4-10-6/h3-5H,1-2H3,(H,11,13). The van der Waals surface area contributed by atoms with Gasteiger partial charge in [-0.3, -0.25) is 20.2 Å². The number of aromatic nitrogens is 2. The first-order valence-corrected chi connectivity index (χ1v) is 5.67. The summed E-state index contributed by atoms with van der Waals surface area (Å²) >= 11 is 6.36. The molecule has 0 aromatic carbocycles. The lowest BCUT2D eigenvalue weighted by Crippen LogP contribution is -2.41. The number of nitrogens with zero attached hydrogens (tertiary/aromatic N) is 3. The van der Waals surface area contributed by atoms with E-state index in [1.54, 1.807) is 7.05 Å². The fourth-order valence-corrected chi connectivity index (χ4v) is 1.17. The van der Waals surface area contributed by atoms with Gasteiger partial charge in [0.05, 0.1) is 6.20 Å². The van der Waals surface area contributed by atoms with Crippen LogP contribution in [0.25, 0.3) is 0 Å². The van der Waals surface area contributed by atoms with Gasteiger partial charge >= 0.3 is 0 Å². The Morgan fingerprint density at radius 1 is 1.60 bits per heavy atom. The van der Waals surface area contributed by atoms with Crippen molar-refractivity contribution in [2.45, 2.75) is 0 Å². The van der Waals surface area contributed by atoms with Crippen molar-refractivity contribution < 1.29 is 4.79 Å². The minimum absolute atomic E-state index is 0.258. The summed E-state index contributed by atoms with van der Waals surface area (Å²) in [6.07, 6.45) is 6.20. The first-order valence-electron chi connectivity index (χ1n) is 4.04. The predicted molar refractivity (Wildman–Crippen MR) is 63.4 cm³/mol. The van der Waals surface area contributed by atoms with Crippen LogP contribution in [0.2, 0.25) is 0 Å². The van der Waals surface area contributed by atoms with Crippen LogP contribution in [0.1, 0.15) is 10.5 Å². The van der Waals surface area contributed by atoms with Gasteiger partial charge in [0.2, 0.25) is 0 Å². The molecule has 1 heterocycles. The monoisotopic (exact) mass is 242 g/mol. The lowest BCUT2D eigenvalue weighted by molar-refractivity contribution is 0.0885. The normalized spacial score (nSPS) is 9.47. The van der Waals surface area contributed by atoms with Gasteiger partial charge in [0, 0.05) is 19.4 Å². The molecule has 0 spiro atoms. The van der Waals surface area contributed by atoms with Crippen molar-refractivity contribution in [3.05, 3.63) is 24.3 Å². The maximum atomic E-state index is 11.6. The molecule has 7 heteroatoms. The molecule has 1 aromatic rings. The molecule has 1 N–H and O–H groups in total. The van der Waals surface area contributed by atoms with Crippen molar-refractivity contribution in [3.63, 3.8) is 0 Å². The molecule has 0 aliphatic rings. The number of amides is 1. The number of rotatable bonds is 1. The minimum Gasteiger partial charge on any atom is -0.272 e. The largest absolute Gasteiger partial charge is 0.290 e. The van der Waals surface area contributed by atoms with E-state index in [9.17, 15) is 4.79 Å². The van der Waals surface area contributed by atoms with Gasteiger partial charge in [-0.25, -0.2) is 4.98 Å². The van der Waals surface area contributed by atoms with E-state index in [0.29, 0.717) is 4.32 Å². The summed E-state index contributed by atoms with van der Waals surface area (Å²) in [5.41, 5.74) is 2.83. The Morgan fingerprint density at radius 3 is 2.87 bits per heavy atom. The fourth-order valence-electron chi connectivity index (χ4n) is 0.809. The molecule has 5 nitrogen and oxygen atoms in total. The van der Waals surface area contributed by atoms with Crippen molar-refractivity contribution in [2.24, 2.45) is 0 Å². The number of thioether (sulfide) groups is 1. The Morgan fingerprint density at radius 2 is 2.33 bits per heavy atom. The summed E-state index contributed by atoms with van der Waals surface area (Å²) in [5, 5.41) is 1.47. The SMILES string of the molecule is CSC(=S)N(C)NC(=O)c1cnccn1. The molecule has 15 heavy (non-hydrogen) atoms. The number of hydrogen-bond donors (Lipinski definition) is 1. The van der Waals surface area contributed by atoms with Gasteiger partial charge < -0.3 is 0 Å². The van der Waals surface area contributed by atoms with E-state index in [1.165, 1.54) is 35.4 Å². The van der Waals surface area contributed by atoms with Gasteiger partial charge in [0.1, 0.15) is 5.69 Å². The van der Waals surface area contributed by atoms with Crippen molar-refractivity contribution in [1.82, 2.24) is 20.4 Å². The first kappa shape index (κ1) is 11.9. The molecule has 1 aromatic heterocycles. The van der Waals surface area contributed by atoms with Crippen LogP contribution in [0.5, 0.6) is 0 Å². The Balaban J connectivity index is 2.61. The van der Waals surface area contributed by atoms with Crippen LogP contribution in [-0.2, 0) is 0 Å². The minimum atomic E-state index is -0.331.